The van der Waals surface area contributed by atoms with Crippen molar-refractivity contribution in [3.05, 3.63) is 16.9 Å². The maximum absolute atomic E-state index is 11.1. The van der Waals surface area contributed by atoms with Crippen molar-refractivity contribution in [2.24, 2.45) is 0 Å². The smallest absolute Gasteiger partial charge is 0.331 e. The summed E-state index contributed by atoms with van der Waals surface area (Å²) in [7, 11) is 1.21. The maximum Gasteiger partial charge on any atom is 0.331 e. The Balaban J connectivity index is 2.30. The molecule has 1 rings (SSSR count). The number of esters is 2. The number of ether oxygens (including phenoxy) is 2. The second-order valence-electron chi connectivity index (χ2n) is 2.76. The molecule has 0 fully saturated rings. The number of H-pyrrole nitrogens is 1. The maximum atomic E-state index is 11.1. The van der Waals surface area contributed by atoms with Crippen LogP contribution in [0.1, 0.15) is 0 Å². The van der Waals surface area contributed by atoms with Gasteiger partial charge in [-0.1, -0.05) is 10.3 Å². The van der Waals surface area contributed by atoms with Crippen LogP contribution in [0.3, 0.4) is 0 Å². The van der Waals surface area contributed by atoms with Gasteiger partial charge in [0.2, 0.25) is 4.77 Å². The topological polar surface area (TPSA) is 99.1 Å². The lowest BCUT2D eigenvalue weighted by Gasteiger charge is -2.01. The Bertz CT molecular complexity index is 478. The highest BCUT2D eigenvalue weighted by molar-refractivity contribution is 7.71. The number of aromatic amines is 1. The lowest BCUT2D eigenvalue weighted by Crippen LogP contribution is -2.11. The Labute approximate surface area is 101 Å². The molecule has 0 unspecified atom stereocenters. The number of nitrogens with zero attached hydrogens (tertiary/aromatic N) is 3. The van der Waals surface area contributed by atoms with Crippen LogP contribution in [0.4, 0.5) is 0 Å². The summed E-state index contributed by atoms with van der Waals surface area (Å²) in [6, 6.07) is 0. The molecular formula is C8H10N4O4S. The monoisotopic (exact) mass is 258 g/mol. The molecule has 0 bridgehead atoms. The van der Waals surface area contributed by atoms with Crippen molar-refractivity contribution in [1.82, 2.24) is 20.2 Å². The highest BCUT2D eigenvalue weighted by Crippen LogP contribution is 1.88. The fourth-order valence-corrected chi connectivity index (χ4v) is 1.02. The van der Waals surface area contributed by atoms with Gasteiger partial charge in [0.05, 0.1) is 13.7 Å². The van der Waals surface area contributed by atoms with Crippen LogP contribution in [0, 0.1) is 4.77 Å². The van der Waals surface area contributed by atoms with Crippen molar-refractivity contribution < 1.29 is 19.1 Å². The summed E-state index contributed by atoms with van der Waals surface area (Å²) in [5, 5.41) is 9.51. The van der Waals surface area contributed by atoms with Crippen LogP contribution in [-0.4, -0.2) is 45.9 Å². The van der Waals surface area contributed by atoms with Crippen molar-refractivity contribution in [1.29, 1.82) is 0 Å². The molecule has 1 heterocycles. The van der Waals surface area contributed by atoms with E-state index in [0.717, 1.165) is 12.2 Å². The number of hydrogen-bond acceptors (Lipinski definition) is 7. The largest absolute Gasteiger partial charge is 0.466 e. The summed E-state index contributed by atoms with van der Waals surface area (Å²) in [6.07, 6.45) is 1.96. The highest BCUT2D eigenvalue weighted by Gasteiger charge is 2.00. The van der Waals surface area contributed by atoms with E-state index in [1.54, 1.807) is 0 Å². The minimum atomic E-state index is -0.644. The third-order valence-corrected chi connectivity index (χ3v) is 1.95. The predicted octanol–water partition coefficient (Wildman–Crippen LogP) is -0.392. The molecule has 92 valence electrons. The van der Waals surface area contributed by atoms with E-state index < -0.39 is 11.9 Å². The number of aromatic nitrogens is 4. The quantitative estimate of drug-likeness (QED) is 0.436. The molecule has 0 aliphatic rings. The number of rotatable bonds is 5. The minimum absolute atomic E-state index is 0.0858. The standard InChI is InChI=1S/C8H10N4O4S/c1-15-6(13)2-3-7(14)16-5-4-12-8(17)9-10-11-12/h2-3H,4-5H2,1H3,(H,9,11,17)/b3-2+. The van der Waals surface area contributed by atoms with Gasteiger partial charge >= 0.3 is 11.9 Å². The Morgan fingerprint density at radius 2 is 2.18 bits per heavy atom. The van der Waals surface area contributed by atoms with Crippen molar-refractivity contribution in [2.75, 3.05) is 13.7 Å². The third kappa shape index (κ3) is 4.55. The van der Waals surface area contributed by atoms with Crippen LogP contribution in [0.5, 0.6) is 0 Å². The average molecular weight is 258 g/mol. The minimum Gasteiger partial charge on any atom is -0.466 e. The van der Waals surface area contributed by atoms with Gasteiger partial charge < -0.3 is 9.47 Å². The van der Waals surface area contributed by atoms with E-state index in [-0.39, 0.29) is 11.4 Å². The summed E-state index contributed by atoms with van der Waals surface area (Å²) in [4.78, 5) is 21.7. The van der Waals surface area contributed by atoms with Crippen LogP contribution in [0.15, 0.2) is 12.2 Å². The third-order valence-electron chi connectivity index (χ3n) is 1.65. The van der Waals surface area contributed by atoms with Crippen molar-refractivity contribution in [3.63, 3.8) is 0 Å². The van der Waals surface area contributed by atoms with E-state index in [4.69, 9.17) is 17.0 Å². The van der Waals surface area contributed by atoms with Crippen molar-refractivity contribution >= 4 is 24.2 Å². The van der Waals surface area contributed by atoms with Gasteiger partial charge in [0.1, 0.15) is 6.61 Å². The summed E-state index contributed by atoms with van der Waals surface area (Å²) in [5.41, 5.74) is 0. The van der Waals surface area contributed by atoms with Crippen LogP contribution < -0.4 is 0 Å². The number of methoxy groups -OCH3 is 1. The molecule has 0 radical (unpaired) electrons. The fourth-order valence-electron chi connectivity index (χ4n) is 0.851. The van der Waals surface area contributed by atoms with E-state index in [0.29, 0.717) is 6.54 Å². The zero-order valence-corrected chi connectivity index (χ0v) is 9.77. The normalized spacial score (nSPS) is 10.4. The van der Waals surface area contributed by atoms with Gasteiger partial charge in [0, 0.05) is 12.2 Å². The molecule has 17 heavy (non-hydrogen) atoms. The Kier molecular flexibility index (Phi) is 5.01. The van der Waals surface area contributed by atoms with Crippen molar-refractivity contribution in [2.45, 2.75) is 6.54 Å². The van der Waals surface area contributed by atoms with E-state index >= 15 is 0 Å². The molecule has 1 aromatic heterocycles. The number of nitrogens with one attached hydrogen (secondary N) is 1. The molecular weight excluding hydrogens is 248 g/mol. The molecule has 0 amide bonds. The van der Waals surface area contributed by atoms with Gasteiger partial charge in [-0.25, -0.2) is 14.3 Å². The highest BCUT2D eigenvalue weighted by atomic mass is 32.1. The van der Waals surface area contributed by atoms with Crippen molar-refractivity contribution in [3.8, 4) is 0 Å². The first kappa shape index (κ1) is 13.0. The zero-order valence-electron chi connectivity index (χ0n) is 8.95. The van der Waals surface area contributed by atoms with Gasteiger partial charge in [0.25, 0.3) is 0 Å². The summed E-state index contributed by atoms with van der Waals surface area (Å²) < 4.78 is 10.8. The lowest BCUT2D eigenvalue weighted by molar-refractivity contribution is -0.139. The van der Waals surface area contributed by atoms with Gasteiger partial charge in [-0.3, -0.25) is 0 Å². The molecule has 0 aliphatic carbocycles. The van der Waals surface area contributed by atoms with E-state index in [2.05, 4.69) is 20.3 Å². The Hall–Kier alpha value is -2.03. The van der Waals surface area contributed by atoms with Crippen LogP contribution in [0.25, 0.3) is 0 Å². The van der Waals surface area contributed by atoms with Crippen LogP contribution >= 0.6 is 12.2 Å². The molecule has 0 saturated carbocycles. The second kappa shape index (κ2) is 6.53. The number of tetrazole rings is 1. The lowest BCUT2D eigenvalue weighted by atomic mass is 10.5. The van der Waals surface area contributed by atoms with Gasteiger partial charge in [-0.15, -0.1) is 0 Å². The van der Waals surface area contributed by atoms with Crippen LogP contribution in [0.2, 0.25) is 0 Å². The number of carbonyl (C=O) groups is 2. The Morgan fingerprint density at radius 3 is 2.76 bits per heavy atom. The molecule has 1 N–H and O–H groups in total. The number of carbonyl (C=O) groups excluding carboxylic acids is 2. The zero-order chi connectivity index (χ0) is 12.7. The summed E-state index contributed by atoms with van der Waals surface area (Å²) >= 11 is 4.81. The average Bonchev–Trinajstić information content (AvgIpc) is 2.72. The second-order valence-corrected chi connectivity index (χ2v) is 3.12. The Morgan fingerprint density at radius 1 is 1.47 bits per heavy atom. The SMILES string of the molecule is COC(=O)/C=C/C(=O)OCCn1[nH]nnc1=S. The first-order valence-corrected chi connectivity index (χ1v) is 4.95. The first-order chi connectivity index (χ1) is 8.13. The molecule has 0 saturated heterocycles. The molecule has 9 heteroatoms. The molecule has 8 nitrogen and oxygen atoms in total. The fraction of sp³-hybridized carbons (Fsp3) is 0.375. The van der Waals surface area contributed by atoms with Gasteiger partial charge in [0.15, 0.2) is 0 Å². The van der Waals surface area contributed by atoms with Gasteiger partial charge in [-0.05, 0) is 12.2 Å². The van der Waals surface area contributed by atoms with E-state index in [1.165, 1.54) is 11.8 Å². The molecule has 1 aromatic rings. The predicted molar refractivity (Wildman–Crippen MR) is 57.3 cm³/mol. The summed E-state index contributed by atoms with van der Waals surface area (Å²) in [6.45, 7) is 0.395. The van der Waals surface area contributed by atoms with Gasteiger partial charge in [-0.2, -0.15) is 5.21 Å². The first-order valence-electron chi connectivity index (χ1n) is 4.54. The van der Waals surface area contributed by atoms with E-state index in [1.807, 2.05) is 0 Å². The molecule has 0 aliphatic heterocycles. The summed E-state index contributed by atoms with van der Waals surface area (Å²) in [5.74, 6) is -1.27. The van der Waals surface area contributed by atoms with E-state index in [9.17, 15) is 9.59 Å². The molecule has 0 atom stereocenters. The molecule has 0 spiro atoms. The van der Waals surface area contributed by atoms with Crippen LogP contribution in [-0.2, 0) is 25.6 Å². The molecule has 0 aromatic carbocycles. The number of hydrogen-bond donors (Lipinski definition) is 1.